The number of aromatic nitrogens is 4. The van der Waals surface area contributed by atoms with Crippen LogP contribution in [-0.4, -0.2) is 24.9 Å². The molecule has 0 amide bonds. The fourth-order valence-corrected chi connectivity index (χ4v) is 3.49. The van der Waals surface area contributed by atoms with Gasteiger partial charge in [0.15, 0.2) is 0 Å². The highest BCUT2D eigenvalue weighted by atomic mass is 16.6. The van der Waals surface area contributed by atoms with Crippen LogP contribution in [0.4, 0.5) is 11.4 Å². The molecule has 1 atom stereocenters. The standard InChI is InChI=1S/C22H20N6O2/c1-15-22(27(2)26-25-15)17-11-12-20(28(29)30)19(14-17)24-21(16-8-4-3-5-9-16)18-10-6-7-13-23-18/h3-14,21,24H,1-2H3. The predicted octanol–water partition coefficient (Wildman–Crippen LogP) is 4.30. The lowest BCUT2D eigenvalue weighted by Crippen LogP contribution is -2.15. The Kier molecular flexibility index (Phi) is 5.21. The van der Waals surface area contributed by atoms with Gasteiger partial charge < -0.3 is 5.32 Å². The highest BCUT2D eigenvalue weighted by Gasteiger charge is 2.22. The van der Waals surface area contributed by atoms with Gasteiger partial charge in [0.05, 0.1) is 28.0 Å². The summed E-state index contributed by atoms with van der Waals surface area (Å²) in [4.78, 5) is 15.8. The van der Waals surface area contributed by atoms with E-state index < -0.39 is 0 Å². The summed E-state index contributed by atoms with van der Waals surface area (Å²) >= 11 is 0. The fraction of sp³-hybridized carbons (Fsp3) is 0.136. The Balaban J connectivity index is 1.82. The summed E-state index contributed by atoms with van der Waals surface area (Å²) in [5.41, 5.74) is 4.46. The Morgan fingerprint density at radius 2 is 1.83 bits per heavy atom. The third kappa shape index (κ3) is 3.75. The number of anilines is 1. The quantitative estimate of drug-likeness (QED) is 0.383. The predicted molar refractivity (Wildman–Crippen MR) is 114 cm³/mol. The molecule has 0 aliphatic rings. The van der Waals surface area contributed by atoms with Gasteiger partial charge in [-0.05, 0) is 36.8 Å². The first-order valence-electron chi connectivity index (χ1n) is 9.42. The highest BCUT2D eigenvalue weighted by molar-refractivity contribution is 5.74. The van der Waals surface area contributed by atoms with E-state index in [1.54, 1.807) is 30.1 Å². The molecule has 4 aromatic rings. The van der Waals surface area contributed by atoms with Crippen LogP contribution in [0.3, 0.4) is 0 Å². The van der Waals surface area contributed by atoms with E-state index in [0.717, 1.165) is 28.2 Å². The van der Waals surface area contributed by atoms with Gasteiger partial charge in [0.2, 0.25) is 0 Å². The molecule has 0 saturated carbocycles. The van der Waals surface area contributed by atoms with Crippen molar-refractivity contribution in [3.8, 4) is 11.3 Å². The van der Waals surface area contributed by atoms with Crippen LogP contribution < -0.4 is 5.32 Å². The van der Waals surface area contributed by atoms with Gasteiger partial charge in [0.1, 0.15) is 5.69 Å². The maximum Gasteiger partial charge on any atom is 0.292 e. The summed E-state index contributed by atoms with van der Waals surface area (Å²) in [7, 11) is 1.80. The zero-order valence-electron chi connectivity index (χ0n) is 16.6. The lowest BCUT2D eigenvalue weighted by atomic mass is 10.0. The van der Waals surface area contributed by atoms with Crippen LogP contribution in [0.15, 0.2) is 72.9 Å². The molecule has 0 aliphatic heterocycles. The van der Waals surface area contributed by atoms with Gasteiger partial charge in [-0.25, -0.2) is 4.68 Å². The van der Waals surface area contributed by atoms with Gasteiger partial charge in [-0.2, -0.15) is 0 Å². The summed E-state index contributed by atoms with van der Waals surface area (Å²) < 4.78 is 1.66. The van der Waals surface area contributed by atoms with Crippen molar-refractivity contribution in [3.63, 3.8) is 0 Å². The third-order valence-corrected chi connectivity index (χ3v) is 4.88. The first-order valence-corrected chi connectivity index (χ1v) is 9.42. The van der Waals surface area contributed by atoms with E-state index in [1.165, 1.54) is 6.07 Å². The molecule has 0 fully saturated rings. The van der Waals surface area contributed by atoms with Crippen LogP contribution in [-0.2, 0) is 7.05 Å². The smallest absolute Gasteiger partial charge is 0.292 e. The van der Waals surface area contributed by atoms with Crippen molar-refractivity contribution in [1.82, 2.24) is 20.0 Å². The Labute approximate surface area is 173 Å². The van der Waals surface area contributed by atoms with Gasteiger partial charge in [0, 0.05) is 24.9 Å². The van der Waals surface area contributed by atoms with Gasteiger partial charge in [-0.3, -0.25) is 15.1 Å². The molecular formula is C22H20N6O2. The molecule has 2 aromatic carbocycles. The van der Waals surface area contributed by atoms with Crippen molar-refractivity contribution in [3.05, 3.63) is 100.0 Å². The lowest BCUT2D eigenvalue weighted by molar-refractivity contribution is -0.384. The number of hydrogen-bond acceptors (Lipinski definition) is 6. The molecule has 0 saturated heterocycles. The average Bonchev–Trinajstić information content (AvgIpc) is 3.11. The van der Waals surface area contributed by atoms with Crippen LogP contribution in [0.25, 0.3) is 11.3 Å². The van der Waals surface area contributed by atoms with Crippen molar-refractivity contribution < 1.29 is 4.92 Å². The second kappa shape index (κ2) is 8.12. The van der Waals surface area contributed by atoms with Crippen molar-refractivity contribution in [1.29, 1.82) is 0 Å². The topological polar surface area (TPSA) is 98.8 Å². The molecule has 0 radical (unpaired) electrons. The number of aryl methyl sites for hydroxylation is 2. The molecule has 2 aromatic heterocycles. The van der Waals surface area contributed by atoms with E-state index in [-0.39, 0.29) is 16.7 Å². The average molecular weight is 400 g/mol. The van der Waals surface area contributed by atoms with E-state index in [0.29, 0.717) is 5.69 Å². The van der Waals surface area contributed by atoms with Crippen molar-refractivity contribution in [2.45, 2.75) is 13.0 Å². The molecule has 1 N–H and O–H groups in total. The lowest BCUT2D eigenvalue weighted by Gasteiger charge is -2.20. The number of nitrogens with zero attached hydrogens (tertiary/aromatic N) is 5. The third-order valence-electron chi connectivity index (χ3n) is 4.88. The maximum atomic E-state index is 11.7. The number of rotatable bonds is 6. The van der Waals surface area contributed by atoms with Crippen LogP contribution >= 0.6 is 0 Å². The van der Waals surface area contributed by atoms with Crippen LogP contribution in [0.5, 0.6) is 0 Å². The molecule has 2 heterocycles. The Hall–Kier alpha value is -4.07. The SMILES string of the molecule is Cc1nnn(C)c1-c1ccc([N+](=O)[O-])c(NC(c2ccccc2)c2ccccn2)c1. The second-order valence-electron chi connectivity index (χ2n) is 6.88. The minimum Gasteiger partial charge on any atom is -0.367 e. The van der Waals surface area contributed by atoms with Gasteiger partial charge in [0.25, 0.3) is 5.69 Å². The van der Waals surface area contributed by atoms with Crippen LogP contribution in [0.2, 0.25) is 0 Å². The minimum atomic E-state index is -0.388. The molecule has 8 heteroatoms. The summed E-state index contributed by atoms with van der Waals surface area (Å²) in [6.45, 7) is 1.86. The molecule has 8 nitrogen and oxygen atoms in total. The maximum absolute atomic E-state index is 11.7. The van der Waals surface area contributed by atoms with E-state index in [4.69, 9.17) is 0 Å². The summed E-state index contributed by atoms with van der Waals surface area (Å²) in [6, 6.07) is 20.0. The first-order chi connectivity index (χ1) is 14.5. The second-order valence-corrected chi connectivity index (χ2v) is 6.88. The molecule has 0 aliphatic carbocycles. The number of hydrogen-bond donors (Lipinski definition) is 1. The molecule has 0 spiro atoms. The van der Waals surface area contributed by atoms with Crippen LogP contribution in [0.1, 0.15) is 23.0 Å². The van der Waals surface area contributed by atoms with Gasteiger partial charge in [-0.1, -0.05) is 41.6 Å². The molecule has 150 valence electrons. The van der Waals surface area contributed by atoms with Crippen molar-refractivity contribution in [2.75, 3.05) is 5.32 Å². The van der Waals surface area contributed by atoms with E-state index in [9.17, 15) is 10.1 Å². The Bertz CT molecular complexity index is 1120. The zero-order chi connectivity index (χ0) is 21.1. The van der Waals surface area contributed by atoms with E-state index in [2.05, 4.69) is 20.6 Å². The van der Waals surface area contributed by atoms with Crippen molar-refractivity contribution >= 4 is 11.4 Å². The van der Waals surface area contributed by atoms with Gasteiger partial charge in [-0.15, -0.1) is 5.10 Å². The zero-order valence-corrected chi connectivity index (χ0v) is 16.6. The van der Waals surface area contributed by atoms with E-state index in [1.807, 2.05) is 55.5 Å². The largest absolute Gasteiger partial charge is 0.367 e. The molecule has 4 rings (SSSR count). The molecular weight excluding hydrogens is 380 g/mol. The fourth-order valence-electron chi connectivity index (χ4n) is 3.49. The molecule has 1 unspecified atom stereocenters. The normalized spacial score (nSPS) is 11.8. The Morgan fingerprint density at radius 3 is 2.47 bits per heavy atom. The number of nitro benzene ring substituents is 1. The number of benzene rings is 2. The Morgan fingerprint density at radius 1 is 1.07 bits per heavy atom. The highest BCUT2D eigenvalue weighted by Crippen LogP contribution is 2.35. The first kappa shape index (κ1) is 19.3. The summed E-state index contributed by atoms with van der Waals surface area (Å²) in [6.07, 6.45) is 1.71. The number of nitro groups is 1. The summed E-state index contributed by atoms with van der Waals surface area (Å²) in [5, 5.41) is 23.2. The minimum absolute atomic E-state index is 0.0107. The number of pyridine rings is 1. The monoisotopic (exact) mass is 400 g/mol. The molecule has 0 bridgehead atoms. The molecule has 30 heavy (non-hydrogen) atoms. The van der Waals surface area contributed by atoms with Crippen molar-refractivity contribution in [2.24, 2.45) is 7.05 Å². The summed E-state index contributed by atoms with van der Waals surface area (Å²) in [5.74, 6) is 0. The van der Waals surface area contributed by atoms with Crippen LogP contribution in [0, 0.1) is 17.0 Å². The number of nitrogens with one attached hydrogen (secondary N) is 1. The van der Waals surface area contributed by atoms with Gasteiger partial charge >= 0.3 is 0 Å². The van der Waals surface area contributed by atoms with E-state index >= 15 is 0 Å².